The van der Waals surface area contributed by atoms with E-state index >= 15 is 0 Å². The van der Waals surface area contributed by atoms with Crippen LogP contribution in [0.25, 0.3) is 0 Å². The summed E-state index contributed by atoms with van der Waals surface area (Å²) < 4.78 is 0. The summed E-state index contributed by atoms with van der Waals surface area (Å²) in [7, 11) is 0. The van der Waals surface area contributed by atoms with Gasteiger partial charge in [-0.15, -0.1) is 0 Å². The molecule has 0 aliphatic carbocycles. The van der Waals surface area contributed by atoms with Crippen LogP contribution < -0.4 is 14.7 Å². The minimum Gasteiger partial charge on any atom is -0.356 e. The average molecular weight is 352 g/mol. The number of aryl methyl sites for hydroxylation is 1. The van der Waals surface area contributed by atoms with Crippen LogP contribution in [0.2, 0.25) is 0 Å². The normalized spacial score (nSPS) is 21.2. The molecule has 4 rings (SSSR count). The predicted octanol–water partition coefficient (Wildman–Crippen LogP) is 2.74. The van der Waals surface area contributed by atoms with Crippen LogP contribution in [0.3, 0.4) is 0 Å². The first kappa shape index (κ1) is 17.1. The maximum Gasteiger partial charge on any atom is 0.227 e. The zero-order valence-electron chi connectivity index (χ0n) is 15.8. The number of nitrogens with zero attached hydrogens (tertiary/aromatic N) is 6. The Labute approximate surface area is 155 Å². The number of hydrogen-bond donors (Lipinski definition) is 0. The van der Waals surface area contributed by atoms with Gasteiger partial charge in [0.25, 0.3) is 0 Å². The lowest BCUT2D eigenvalue weighted by molar-refractivity contribution is 0.444. The lowest BCUT2D eigenvalue weighted by Crippen LogP contribution is -2.47. The smallest absolute Gasteiger partial charge is 0.227 e. The molecule has 4 heterocycles. The molecule has 6 nitrogen and oxygen atoms in total. The number of anilines is 3. The Hall–Kier alpha value is -2.37. The van der Waals surface area contributed by atoms with Gasteiger partial charge in [0.15, 0.2) is 0 Å². The van der Waals surface area contributed by atoms with Crippen LogP contribution in [0.1, 0.15) is 25.5 Å². The Morgan fingerprint density at radius 2 is 1.73 bits per heavy atom. The van der Waals surface area contributed by atoms with Crippen molar-refractivity contribution < 1.29 is 0 Å². The van der Waals surface area contributed by atoms with Crippen molar-refractivity contribution in [3.8, 4) is 0 Å². The van der Waals surface area contributed by atoms with Crippen LogP contribution >= 0.6 is 0 Å². The van der Waals surface area contributed by atoms with Gasteiger partial charge < -0.3 is 14.7 Å². The van der Waals surface area contributed by atoms with Gasteiger partial charge in [-0.3, -0.25) is 0 Å². The number of pyridine rings is 1. The van der Waals surface area contributed by atoms with Crippen molar-refractivity contribution in [2.75, 3.05) is 54.0 Å². The molecule has 1 atom stereocenters. The molecule has 2 aliphatic heterocycles. The van der Waals surface area contributed by atoms with Gasteiger partial charge in [0.05, 0.1) is 0 Å². The van der Waals surface area contributed by atoms with Crippen LogP contribution in [0.4, 0.5) is 17.6 Å². The SMILES string of the molecule is Cc1cc(N2CCCC(C)C2)nc(N2CCN(c3ccccn3)CC2)n1. The molecule has 2 aliphatic rings. The minimum atomic E-state index is 0.740. The van der Waals surface area contributed by atoms with Crippen molar-refractivity contribution >= 4 is 17.6 Å². The zero-order valence-corrected chi connectivity index (χ0v) is 15.8. The quantitative estimate of drug-likeness (QED) is 0.847. The largest absolute Gasteiger partial charge is 0.356 e. The second kappa shape index (κ2) is 7.48. The molecule has 0 amide bonds. The fourth-order valence-corrected chi connectivity index (χ4v) is 3.91. The Bertz CT molecular complexity index is 726. The van der Waals surface area contributed by atoms with E-state index in [9.17, 15) is 0 Å². The first-order valence-electron chi connectivity index (χ1n) is 9.70. The summed E-state index contributed by atoms with van der Waals surface area (Å²) >= 11 is 0. The fourth-order valence-electron chi connectivity index (χ4n) is 3.91. The Morgan fingerprint density at radius 1 is 0.923 bits per heavy atom. The van der Waals surface area contributed by atoms with Gasteiger partial charge in [-0.2, -0.15) is 4.98 Å². The summed E-state index contributed by atoms with van der Waals surface area (Å²) in [4.78, 5) is 21.2. The summed E-state index contributed by atoms with van der Waals surface area (Å²) in [5.41, 5.74) is 1.05. The van der Waals surface area contributed by atoms with Crippen molar-refractivity contribution in [3.63, 3.8) is 0 Å². The summed E-state index contributed by atoms with van der Waals surface area (Å²) in [5.74, 6) is 3.76. The number of piperazine rings is 1. The van der Waals surface area contributed by atoms with Crippen LogP contribution in [0.5, 0.6) is 0 Å². The molecule has 2 saturated heterocycles. The molecule has 0 bridgehead atoms. The Kier molecular flexibility index (Phi) is 4.91. The maximum absolute atomic E-state index is 4.92. The van der Waals surface area contributed by atoms with Gasteiger partial charge in [-0.05, 0) is 37.8 Å². The van der Waals surface area contributed by atoms with Gasteiger partial charge in [0.2, 0.25) is 5.95 Å². The summed E-state index contributed by atoms with van der Waals surface area (Å²) in [6, 6.07) is 8.22. The summed E-state index contributed by atoms with van der Waals surface area (Å²) in [6.07, 6.45) is 4.43. The number of piperidine rings is 1. The van der Waals surface area contributed by atoms with Crippen molar-refractivity contribution in [2.24, 2.45) is 5.92 Å². The first-order chi connectivity index (χ1) is 12.7. The molecular weight excluding hydrogens is 324 g/mol. The summed E-state index contributed by atoms with van der Waals surface area (Å²) in [6.45, 7) is 10.4. The van der Waals surface area contributed by atoms with E-state index in [4.69, 9.17) is 9.97 Å². The standard InChI is InChI=1S/C20H28N6/c1-16-6-5-9-26(15-16)19-14-17(2)22-20(23-19)25-12-10-24(11-13-25)18-7-3-4-8-21-18/h3-4,7-8,14,16H,5-6,9-13,15H2,1-2H3. The van der Waals surface area contributed by atoms with Gasteiger partial charge in [0.1, 0.15) is 11.6 Å². The molecule has 0 spiro atoms. The van der Waals surface area contributed by atoms with Gasteiger partial charge in [-0.1, -0.05) is 13.0 Å². The fraction of sp³-hybridized carbons (Fsp3) is 0.550. The minimum absolute atomic E-state index is 0.740. The topological polar surface area (TPSA) is 48.4 Å². The van der Waals surface area contributed by atoms with Gasteiger partial charge in [0, 0.05) is 57.2 Å². The van der Waals surface area contributed by atoms with Crippen molar-refractivity contribution in [2.45, 2.75) is 26.7 Å². The molecule has 2 fully saturated rings. The third kappa shape index (κ3) is 3.74. The van der Waals surface area contributed by atoms with Crippen molar-refractivity contribution in [1.29, 1.82) is 0 Å². The molecule has 0 radical (unpaired) electrons. The van der Waals surface area contributed by atoms with E-state index in [0.717, 1.165) is 68.5 Å². The predicted molar refractivity (Wildman–Crippen MR) is 106 cm³/mol. The number of hydrogen-bond acceptors (Lipinski definition) is 6. The van der Waals surface area contributed by atoms with E-state index in [0.29, 0.717) is 0 Å². The van der Waals surface area contributed by atoms with E-state index < -0.39 is 0 Å². The molecular formula is C20H28N6. The van der Waals surface area contributed by atoms with Gasteiger partial charge >= 0.3 is 0 Å². The highest BCUT2D eigenvalue weighted by Crippen LogP contribution is 2.24. The number of aromatic nitrogens is 3. The second-order valence-electron chi connectivity index (χ2n) is 7.52. The van der Waals surface area contributed by atoms with E-state index in [1.54, 1.807) is 0 Å². The van der Waals surface area contributed by atoms with E-state index in [-0.39, 0.29) is 0 Å². The average Bonchev–Trinajstić information content (AvgIpc) is 2.68. The molecule has 138 valence electrons. The first-order valence-corrected chi connectivity index (χ1v) is 9.70. The van der Waals surface area contributed by atoms with Crippen molar-refractivity contribution in [3.05, 3.63) is 36.2 Å². The highest BCUT2D eigenvalue weighted by Gasteiger charge is 2.23. The summed E-state index contributed by atoms with van der Waals surface area (Å²) in [5, 5.41) is 0. The molecule has 0 saturated carbocycles. The molecule has 1 unspecified atom stereocenters. The monoisotopic (exact) mass is 352 g/mol. The third-order valence-electron chi connectivity index (χ3n) is 5.35. The highest BCUT2D eigenvalue weighted by molar-refractivity contribution is 5.48. The van der Waals surface area contributed by atoms with Crippen LogP contribution in [0, 0.1) is 12.8 Å². The van der Waals surface area contributed by atoms with Crippen LogP contribution in [-0.2, 0) is 0 Å². The lowest BCUT2D eigenvalue weighted by atomic mass is 10.0. The maximum atomic E-state index is 4.92. The third-order valence-corrected chi connectivity index (χ3v) is 5.35. The second-order valence-corrected chi connectivity index (χ2v) is 7.52. The van der Waals surface area contributed by atoms with Crippen molar-refractivity contribution in [1.82, 2.24) is 15.0 Å². The van der Waals surface area contributed by atoms with E-state index in [2.05, 4.69) is 45.7 Å². The molecule has 0 N–H and O–H groups in total. The molecule has 0 aromatic carbocycles. The molecule has 2 aromatic rings. The Balaban J connectivity index is 1.46. The number of rotatable bonds is 3. The zero-order chi connectivity index (χ0) is 17.9. The van der Waals surface area contributed by atoms with Crippen LogP contribution in [-0.4, -0.2) is 54.2 Å². The van der Waals surface area contributed by atoms with E-state index in [1.807, 2.05) is 18.3 Å². The van der Waals surface area contributed by atoms with Crippen LogP contribution in [0.15, 0.2) is 30.5 Å². The Morgan fingerprint density at radius 3 is 2.46 bits per heavy atom. The molecule has 6 heteroatoms. The highest BCUT2D eigenvalue weighted by atomic mass is 15.3. The lowest BCUT2D eigenvalue weighted by Gasteiger charge is -2.36. The van der Waals surface area contributed by atoms with E-state index in [1.165, 1.54) is 12.8 Å². The molecule has 26 heavy (non-hydrogen) atoms. The van der Waals surface area contributed by atoms with Gasteiger partial charge in [-0.25, -0.2) is 9.97 Å². The molecule has 2 aromatic heterocycles.